The molecule has 6 atom stereocenters. The maximum Gasteiger partial charge on any atom is 0.115 e. The molecule has 3 aliphatic rings. The molecule has 3 heteroatoms. The van der Waals surface area contributed by atoms with Gasteiger partial charge in [-0.25, -0.2) is 0 Å². The van der Waals surface area contributed by atoms with Crippen LogP contribution >= 0.6 is 0 Å². The summed E-state index contributed by atoms with van der Waals surface area (Å²) in [6, 6.07) is 5.90. The second kappa shape index (κ2) is 4.97. The van der Waals surface area contributed by atoms with Gasteiger partial charge in [0.2, 0.25) is 0 Å². The number of benzene rings is 1. The molecule has 3 nitrogen and oxygen atoms in total. The lowest BCUT2D eigenvalue weighted by Gasteiger charge is -2.49. The van der Waals surface area contributed by atoms with Gasteiger partial charge < -0.3 is 14.9 Å². The zero-order valence-electron chi connectivity index (χ0n) is 13.5. The normalized spacial score (nSPS) is 43.3. The van der Waals surface area contributed by atoms with Crippen molar-refractivity contribution in [3.63, 3.8) is 0 Å². The summed E-state index contributed by atoms with van der Waals surface area (Å²) in [5, 5.41) is 20.4. The van der Waals surface area contributed by atoms with Gasteiger partial charge in [-0.3, -0.25) is 0 Å². The van der Waals surface area contributed by atoms with E-state index >= 15 is 0 Å². The van der Waals surface area contributed by atoms with Crippen LogP contribution in [0.25, 0.3) is 0 Å². The van der Waals surface area contributed by atoms with Gasteiger partial charge in [-0.15, -0.1) is 0 Å². The van der Waals surface area contributed by atoms with Crippen LogP contribution in [-0.4, -0.2) is 29.5 Å². The van der Waals surface area contributed by atoms with Crippen molar-refractivity contribution in [2.75, 3.05) is 7.11 Å². The van der Waals surface area contributed by atoms with Crippen molar-refractivity contribution in [3.8, 4) is 5.75 Å². The van der Waals surface area contributed by atoms with Crippen LogP contribution in [0.4, 0.5) is 0 Å². The smallest absolute Gasteiger partial charge is 0.115 e. The first-order chi connectivity index (χ1) is 10.5. The fraction of sp³-hybridized carbons (Fsp3) is 0.684. The predicted octanol–water partition coefficient (Wildman–Crippen LogP) is 3.23. The zero-order valence-corrected chi connectivity index (χ0v) is 13.5. The fourth-order valence-electron chi connectivity index (χ4n) is 5.76. The Morgan fingerprint density at radius 2 is 2.09 bits per heavy atom. The van der Waals surface area contributed by atoms with Crippen molar-refractivity contribution in [3.05, 3.63) is 29.3 Å². The summed E-state index contributed by atoms with van der Waals surface area (Å²) in [6.45, 7) is 2.27. The Kier molecular flexibility index (Phi) is 3.28. The van der Waals surface area contributed by atoms with Crippen LogP contribution in [0.5, 0.6) is 5.75 Å². The second-order valence-corrected chi connectivity index (χ2v) is 7.80. The van der Waals surface area contributed by atoms with Crippen LogP contribution in [0.15, 0.2) is 18.2 Å². The number of fused-ring (bicyclic) bond motifs is 5. The Bertz CT molecular complexity index is 584. The number of aliphatic hydroxyl groups excluding tert-OH is 1. The average molecular weight is 302 g/mol. The van der Waals surface area contributed by atoms with Crippen molar-refractivity contribution in [1.29, 1.82) is 0 Å². The summed E-state index contributed by atoms with van der Waals surface area (Å²) in [6.07, 6.45) is 5.08. The minimum absolute atomic E-state index is 0.00466. The Labute approximate surface area is 132 Å². The molecule has 0 saturated heterocycles. The molecular formula is C19H26O3. The molecule has 22 heavy (non-hydrogen) atoms. The molecule has 0 bridgehead atoms. The van der Waals surface area contributed by atoms with Crippen LogP contribution in [-0.2, 0) is 11.2 Å². The Morgan fingerprint density at radius 1 is 1.27 bits per heavy atom. The number of aliphatic hydroxyl groups is 1. The Balaban J connectivity index is 1.69. The van der Waals surface area contributed by atoms with Crippen molar-refractivity contribution in [2.24, 2.45) is 17.3 Å². The van der Waals surface area contributed by atoms with Crippen LogP contribution in [0.3, 0.4) is 0 Å². The molecule has 0 aliphatic heterocycles. The van der Waals surface area contributed by atoms with Crippen LogP contribution in [0, 0.1) is 17.3 Å². The fourth-order valence-corrected chi connectivity index (χ4v) is 5.76. The number of methoxy groups -OCH3 is 1. The van der Waals surface area contributed by atoms with Crippen molar-refractivity contribution >= 4 is 0 Å². The predicted molar refractivity (Wildman–Crippen MR) is 84.9 cm³/mol. The Hall–Kier alpha value is -1.06. The molecule has 120 valence electrons. The summed E-state index contributed by atoms with van der Waals surface area (Å²) < 4.78 is 5.56. The van der Waals surface area contributed by atoms with Crippen molar-refractivity contribution in [1.82, 2.24) is 0 Å². The lowest BCUT2D eigenvalue weighted by molar-refractivity contribution is -0.0607. The summed E-state index contributed by atoms with van der Waals surface area (Å²) in [4.78, 5) is 0. The lowest BCUT2D eigenvalue weighted by Crippen LogP contribution is -2.45. The summed E-state index contributed by atoms with van der Waals surface area (Å²) in [5.41, 5.74) is 2.77. The first-order valence-electron chi connectivity index (χ1n) is 8.57. The van der Waals surface area contributed by atoms with Crippen LogP contribution in [0.1, 0.15) is 49.7 Å². The summed E-state index contributed by atoms with van der Waals surface area (Å²) >= 11 is 0. The third-order valence-corrected chi connectivity index (χ3v) is 6.96. The number of aryl methyl sites for hydroxylation is 1. The van der Waals surface area contributed by atoms with Gasteiger partial charge in [0.25, 0.3) is 0 Å². The first kappa shape index (κ1) is 14.5. The molecule has 2 fully saturated rings. The molecule has 0 spiro atoms. The van der Waals surface area contributed by atoms with Gasteiger partial charge in [0.1, 0.15) is 5.75 Å². The molecule has 2 saturated carbocycles. The van der Waals surface area contributed by atoms with Crippen LogP contribution in [0.2, 0.25) is 0 Å². The third kappa shape index (κ3) is 1.88. The minimum Gasteiger partial charge on any atom is -0.508 e. The number of hydrogen-bond donors (Lipinski definition) is 2. The van der Waals surface area contributed by atoms with Gasteiger partial charge in [0.15, 0.2) is 0 Å². The molecule has 2 N–H and O–H groups in total. The molecule has 3 aliphatic carbocycles. The van der Waals surface area contributed by atoms with E-state index in [1.807, 2.05) is 12.1 Å². The number of hydrogen-bond acceptors (Lipinski definition) is 3. The maximum absolute atomic E-state index is 10.7. The van der Waals surface area contributed by atoms with E-state index in [4.69, 9.17) is 4.74 Å². The van der Waals surface area contributed by atoms with E-state index in [9.17, 15) is 10.2 Å². The van der Waals surface area contributed by atoms with Gasteiger partial charge in [0.05, 0.1) is 12.2 Å². The topological polar surface area (TPSA) is 49.7 Å². The largest absolute Gasteiger partial charge is 0.508 e. The highest BCUT2D eigenvalue weighted by atomic mass is 16.5. The molecule has 4 rings (SSSR count). The van der Waals surface area contributed by atoms with Gasteiger partial charge >= 0.3 is 0 Å². The summed E-state index contributed by atoms with van der Waals surface area (Å²) in [7, 11) is 1.73. The molecule has 1 aromatic carbocycles. The van der Waals surface area contributed by atoms with Gasteiger partial charge in [-0.2, -0.15) is 0 Å². The van der Waals surface area contributed by atoms with E-state index in [1.165, 1.54) is 17.5 Å². The zero-order chi connectivity index (χ0) is 15.5. The van der Waals surface area contributed by atoms with Crippen molar-refractivity contribution in [2.45, 2.75) is 57.2 Å². The van der Waals surface area contributed by atoms with E-state index < -0.39 is 0 Å². The van der Waals surface area contributed by atoms with Gasteiger partial charge in [0, 0.05) is 7.11 Å². The van der Waals surface area contributed by atoms with Gasteiger partial charge in [-0.1, -0.05) is 13.0 Å². The summed E-state index contributed by atoms with van der Waals surface area (Å²) in [5.74, 6) is 2.16. The molecule has 0 heterocycles. The highest BCUT2D eigenvalue weighted by Crippen LogP contribution is 2.61. The quantitative estimate of drug-likeness (QED) is 0.837. The SMILES string of the molecule is CO[C@H]1C[C@H]2[C@@H]3CCc4cc(O)ccc4[C@H]3CC[C@]2(C)[C@H]1O. The number of phenolic OH excluding ortho intramolecular Hbond substituents is 1. The average Bonchev–Trinajstić information content (AvgIpc) is 2.78. The first-order valence-corrected chi connectivity index (χ1v) is 8.57. The van der Waals surface area contributed by atoms with E-state index in [-0.39, 0.29) is 17.6 Å². The van der Waals surface area contributed by atoms with Gasteiger partial charge in [-0.05, 0) is 78.5 Å². The van der Waals surface area contributed by atoms with Crippen LogP contribution < -0.4 is 0 Å². The maximum atomic E-state index is 10.7. The molecule has 0 aromatic heterocycles. The number of phenols is 1. The highest BCUT2D eigenvalue weighted by molar-refractivity contribution is 5.40. The number of ether oxygens (including phenoxy) is 1. The standard InChI is InChI=1S/C19H26O3/c1-19-8-7-14-13-6-4-12(20)9-11(13)3-5-15(14)16(19)10-17(22-2)18(19)21/h4,6,9,14-18,20-21H,3,5,7-8,10H2,1-2H3/t14-,15-,16+,17+,18+,19+/m1/s1. The van der Waals surface area contributed by atoms with E-state index in [1.54, 1.807) is 7.11 Å². The second-order valence-electron chi connectivity index (χ2n) is 7.80. The molecule has 0 radical (unpaired) electrons. The third-order valence-electron chi connectivity index (χ3n) is 6.96. The molecule has 1 aromatic rings. The van der Waals surface area contributed by atoms with E-state index in [0.717, 1.165) is 25.7 Å². The molecular weight excluding hydrogens is 276 g/mol. The van der Waals surface area contributed by atoms with E-state index in [2.05, 4.69) is 13.0 Å². The number of aromatic hydroxyl groups is 1. The highest BCUT2D eigenvalue weighted by Gasteiger charge is 2.58. The van der Waals surface area contributed by atoms with E-state index in [0.29, 0.717) is 23.5 Å². The van der Waals surface area contributed by atoms with Crippen molar-refractivity contribution < 1.29 is 14.9 Å². The number of rotatable bonds is 1. The minimum atomic E-state index is -0.329. The molecule has 0 unspecified atom stereocenters. The lowest BCUT2D eigenvalue weighted by atomic mass is 9.55. The monoisotopic (exact) mass is 302 g/mol. The molecule has 0 amide bonds. The Morgan fingerprint density at radius 3 is 2.86 bits per heavy atom.